The zero-order valence-electron chi connectivity index (χ0n) is 12.0. The summed E-state index contributed by atoms with van der Waals surface area (Å²) in [4.78, 5) is 12.4. The minimum absolute atomic E-state index is 0.500. The van der Waals surface area contributed by atoms with E-state index in [1.54, 1.807) is 20.8 Å². The van der Waals surface area contributed by atoms with E-state index in [1.165, 1.54) is 25.7 Å². The zero-order valence-corrected chi connectivity index (χ0v) is 12.0. The van der Waals surface area contributed by atoms with Crippen LogP contribution in [0.25, 0.3) is 0 Å². The van der Waals surface area contributed by atoms with Crippen molar-refractivity contribution in [1.82, 2.24) is 4.90 Å². The van der Waals surface area contributed by atoms with Crippen LogP contribution in [0.4, 0.5) is 0 Å². The molecule has 1 saturated carbocycles. The van der Waals surface area contributed by atoms with Gasteiger partial charge < -0.3 is 15.7 Å². The fourth-order valence-corrected chi connectivity index (χ4v) is 2.84. The third-order valence-electron chi connectivity index (χ3n) is 3.78. The summed E-state index contributed by atoms with van der Waals surface area (Å²) < 4.78 is 0. The maximum Gasteiger partial charge on any atom is 0.209 e. The SMILES string of the molecule is CC(C)(C)O.NCC1CC2(CCN(C=O)CC2)C1. The number of nitrogens with zero attached hydrogens (tertiary/aromatic N) is 1. The maximum absolute atomic E-state index is 10.5. The van der Waals surface area contributed by atoms with Gasteiger partial charge in [0.15, 0.2) is 0 Å². The number of carbonyl (C=O) groups is 1. The maximum atomic E-state index is 10.5. The largest absolute Gasteiger partial charge is 0.391 e. The van der Waals surface area contributed by atoms with Crippen LogP contribution in [0.2, 0.25) is 0 Å². The fourth-order valence-electron chi connectivity index (χ4n) is 2.84. The number of nitrogens with two attached hydrogens (primary N) is 1. The lowest BCUT2D eigenvalue weighted by Gasteiger charge is -2.51. The van der Waals surface area contributed by atoms with Gasteiger partial charge >= 0.3 is 0 Å². The second kappa shape index (κ2) is 6.02. The molecule has 1 aliphatic carbocycles. The molecule has 0 radical (unpaired) electrons. The number of hydrogen-bond donors (Lipinski definition) is 2. The predicted molar refractivity (Wildman–Crippen MR) is 73.1 cm³/mol. The number of aliphatic hydroxyl groups is 1. The summed E-state index contributed by atoms with van der Waals surface area (Å²) in [5, 5.41) is 8.52. The van der Waals surface area contributed by atoms with Crippen LogP contribution in [-0.2, 0) is 4.79 Å². The van der Waals surface area contributed by atoms with Crippen LogP contribution in [0.1, 0.15) is 46.5 Å². The Bertz CT molecular complexity index is 251. The average Bonchev–Trinajstić information content (AvgIpc) is 2.23. The molecular weight excluding hydrogens is 228 g/mol. The van der Waals surface area contributed by atoms with Crippen molar-refractivity contribution >= 4 is 6.41 Å². The van der Waals surface area contributed by atoms with Gasteiger partial charge in [-0.3, -0.25) is 4.79 Å². The quantitative estimate of drug-likeness (QED) is 0.733. The Labute approximate surface area is 111 Å². The highest BCUT2D eigenvalue weighted by Gasteiger charge is 2.44. The summed E-state index contributed by atoms with van der Waals surface area (Å²) in [6.45, 7) is 7.99. The third kappa shape index (κ3) is 4.94. The molecule has 1 amide bonds. The lowest BCUT2D eigenvalue weighted by molar-refractivity contribution is -0.122. The predicted octanol–water partition coefficient (Wildman–Crippen LogP) is 1.37. The van der Waals surface area contributed by atoms with Crippen molar-refractivity contribution in [2.45, 2.75) is 52.1 Å². The second-order valence-electron chi connectivity index (χ2n) is 6.82. The minimum atomic E-state index is -0.500. The third-order valence-corrected chi connectivity index (χ3v) is 3.78. The molecule has 4 heteroatoms. The standard InChI is InChI=1S/C10H18N2O.C4H10O/c11-7-9-5-10(6-9)1-3-12(8-13)4-2-10;1-4(2,3)5/h8-9H,1-7,11H2;5H,1-3H3. The van der Waals surface area contributed by atoms with Gasteiger partial charge in [-0.1, -0.05) is 0 Å². The van der Waals surface area contributed by atoms with E-state index in [2.05, 4.69) is 0 Å². The Morgan fingerprint density at radius 2 is 1.78 bits per heavy atom. The number of amides is 1. The fraction of sp³-hybridized carbons (Fsp3) is 0.929. The molecule has 106 valence electrons. The zero-order chi connectivity index (χ0) is 13.8. The van der Waals surface area contributed by atoms with E-state index in [0.29, 0.717) is 5.41 Å². The van der Waals surface area contributed by atoms with E-state index in [9.17, 15) is 4.79 Å². The van der Waals surface area contributed by atoms with Gasteiger partial charge in [-0.05, 0) is 64.3 Å². The van der Waals surface area contributed by atoms with Crippen LogP contribution in [-0.4, -0.2) is 41.7 Å². The van der Waals surface area contributed by atoms with Crippen LogP contribution in [0.15, 0.2) is 0 Å². The first kappa shape index (κ1) is 15.4. The van der Waals surface area contributed by atoms with Gasteiger partial charge in [0.2, 0.25) is 6.41 Å². The molecule has 0 unspecified atom stereocenters. The van der Waals surface area contributed by atoms with Crippen LogP contribution < -0.4 is 5.73 Å². The van der Waals surface area contributed by atoms with Gasteiger partial charge in [-0.15, -0.1) is 0 Å². The molecule has 2 aliphatic rings. The lowest BCUT2D eigenvalue weighted by Crippen LogP contribution is -2.48. The molecule has 2 rings (SSSR count). The van der Waals surface area contributed by atoms with Crippen LogP contribution in [0, 0.1) is 11.3 Å². The molecule has 2 fully saturated rings. The molecule has 0 aromatic carbocycles. The summed E-state index contributed by atoms with van der Waals surface area (Å²) in [5.74, 6) is 0.766. The summed E-state index contributed by atoms with van der Waals surface area (Å²) >= 11 is 0. The van der Waals surface area contributed by atoms with E-state index in [4.69, 9.17) is 10.8 Å². The number of piperidine rings is 1. The van der Waals surface area contributed by atoms with Crippen molar-refractivity contribution in [2.75, 3.05) is 19.6 Å². The van der Waals surface area contributed by atoms with Crippen LogP contribution >= 0.6 is 0 Å². The van der Waals surface area contributed by atoms with Crippen molar-refractivity contribution in [1.29, 1.82) is 0 Å². The first-order valence-electron chi connectivity index (χ1n) is 6.90. The number of likely N-dealkylation sites (tertiary alicyclic amines) is 1. The minimum Gasteiger partial charge on any atom is -0.391 e. The highest BCUT2D eigenvalue weighted by Crippen LogP contribution is 2.51. The molecule has 1 saturated heterocycles. The number of carbonyl (C=O) groups excluding carboxylic acids is 1. The topological polar surface area (TPSA) is 66.6 Å². The Balaban J connectivity index is 0.000000280. The van der Waals surface area contributed by atoms with E-state index >= 15 is 0 Å². The van der Waals surface area contributed by atoms with Gasteiger partial charge in [0, 0.05) is 13.1 Å². The Kier molecular flexibility index (Phi) is 5.17. The van der Waals surface area contributed by atoms with Gasteiger partial charge in [0.1, 0.15) is 0 Å². The first-order valence-corrected chi connectivity index (χ1v) is 6.90. The molecular formula is C14H28N2O2. The average molecular weight is 256 g/mol. The molecule has 3 N–H and O–H groups in total. The van der Waals surface area contributed by atoms with Crippen molar-refractivity contribution in [3.63, 3.8) is 0 Å². The molecule has 0 aromatic rings. The Hall–Kier alpha value is -0.610. The molecule has 0 aromatic heterocycles. The highest BCUT2D eigenvalue weighted by molar-refractivity contribution is 5.47. The first-order chi connectivity index (χ1) is 8.28. The number of hydrogen-bond acceptors (Lipinski definition) is 3. The van der Waals surface area contributed by atoms with E-state index in [1.807, 2.05) is 4.90 Å². The van der Waals surface area contributed by atoms with E-state index < -0.39 is 5.60 Å². The smallest absolute Gasteiger partial charge is 0.209 e. The second-order valence-corrected chi connectivity index (χ2v) is 6.82. The molecule has 1 spiro atoms. The van der Waals surface area contributed by atoms with Gasteiger partial charge in [-0.25, -0.2) is 0 Å². The molecule has 1 aliphatic heterocycles. The van der Waals surface area contributed by atoms with Gasteiger partial charge in [0.25, 0.3) is 0 Å². The number of rotatable bonds is 2. The molecule has 4 nitrogen and oxygen atoms in total. The molecule has 0 bridgehead atoms. The normalized spacial score (nSPS) is 23.1. The molecule has 1 heterocycles. The van der Waals surface area contributed by atoms with Gasteiger partial charge in [-0.2, -0.15) is 0 Å². The summed E-state index contributed by atoms with van der Waals surface area (Å²) in [6.07, 6.45) is 5.98. The summed E-state index contributed by atoms with van der Waals surface area (Å²) in [5.41, 5.74) is 5.68. The molecule has 0 atom stereocenters. The van der Waals surface area contributed by atoms with E-state index in [-0.39, 0.29) is 0 Å². The Morgan fingerprint density at radius 1 is 1.33 bits per heavy atom. The summed E-state index contributed by atoms with van der Waals surface area (Å²) in [6, 6.07) is 0. The van der Waals surface area contributed by atoms with Crippen molar-refractivity contribution in [2.24, 2.45) is 17.1 Å². The van der Waals surface area contributed by atoms with Crippen molar-refractivity contribution in [3.05, 3.63) is 0 Å². The monoisotopic (exact) mass is 256 g/mol. The summed E-state index contributed by atoms with van der Waals surface area (Å²) in [7, 11) is 0. The van der Waals surface area contributed by atoms with E-state index in [0.717, 1.165) is 32.0 Å². The Morgan fingerprint density at radius 3 is 2.11 bits per heavy atom. The van der Waals surface area contributed by atoms with Crippen molar-refractivity contribution in [3.8, 4) is 0 Å². The van der Waals surface area contributed by atoms with Crippen molar-refractivity contribution < 1.29 is 9.90 Å². The van der Waals surface area contributed by atoms with Crippen LogP contribution in [0.3, 0.4) is 0 Å². The lowest BCUT2D eigenvalue weighted by atomic mass is 9.57. The molecule has 18 heavy (non-hydrogen) atoms. The van der Waals surface area contributed by atoms with Gasteiger partial charge in [0.05, 0.1) is 5.60 Å². The highest BCUT2D eigenvalue weighted by atomic mass is 16.3. The van der Waals surface area contributed by atoms with Crippen LogP contribution in [0.5, 0.6) is 0 Å².